The van der Waals surface area contributed by atoms with Crippen LogP contribution in [0.1, 0.15) is 12.5 Å². The Balaban J connectivity index is 2.43. The maximum absolute atomic E-state index is 12.6. The molecule has 3 nitrogen and oxygen atoms in total. The third-order valence-electron chi connectivity index (χ3n) is 2.86. The van der Waals surface area contributed by atoms with Crippen LogP contribution in [0.5, 0.6) is 5.75 Å². The molecule has 2 rings (SSSR count). The van der Waals surface area contributed by atoms with Gasteiger partial charge in [0.2, 0.25) is 0 Å². The average molecular weight is 361 g/mol. The van der Waals surface area contributed by atoms with Crippen molar-refractivity contribution in [3.8, 4) is 23.1 Å². The number of benzene rings is 1. The molecule has 23 heavy (non-hydrogen) atoms. The Morgan fingerprint density at radius 1 is 1.22 bits per heavy atom. The van der Waals surface area contributed by atoms with E-state index in [0.717, 1.165) is 6.07 Å². The molecule has 0 spiro atoms. The van der Waals surface area contributed by atoms with Crippen LogP contribution in [0.2, 0.25) is 10.0 Å². The Kier molecular flexibility index (Phi) is 5.03. The molecule has 0 amide bonds. The van der Waals surface area contributed by atoms with E-state index in [-0.39, 0.29) is 21.5 Å². The number of ether oxygens (including phenoxy) is 1. The first-order valence-corrected chi connectivity index (χ1v) is 7.07. The van der Waals surface area contributed by atoms with Crippen molar-refractivity contribution in [2.45, 2.75) is 19.2 Å². The second kappa shape index (κ2) is 6.65. The smallest absolute Gasteiger partial charge is 0.417 e. The minimum atomic E-state index is -4.52. The van der Waals surface area contributed by atoms with Gasteiger partial charge < -0.3 is 4.74 Å². The summed E-state index contributed by atoms with van der Waals surface area (Å²) in [6.07, 6.45) is -4.56. The number of pyridine rings is 1. The largest absolute Gasteiger partial charge is 0.474 e. The topological polar surface area (TPSA) is 45.9 Å². The first kappa shape index (κ1) is 17.4. The molecule has 1 unspecified atom stereocenters. The summed E-state index contributed by atoms with van der Waals surface area (Å²) in [4.78, 5) is 3.77. The van der Waals surface area contributed by atoms with Gasteiger partial charge in [0.05, 0.1) is 21.3 Å². The van der Waals surface area contributed by atoms with Crippen LogP contribution in [0.4, 0.5) is 13.2 Å². The van der Waals surface area contributed by atoms with Crippen molar-refractivity contribution in [2.75, 3.05) is 0 Å². The molecule has 0 aliphatic heterocycles. The zero-order valence-corrected chi connectivity index (χ0v) is 13.2. The Hall–Kier alpha value is -1.97. The Labute approximate surface area is 140 Å². The number of halogens is 5. The van der Waals surface area contributed by atoms with Gasteiger partial charge in [0.25, 0.3) is 0 Å². The molecule has 0 saturated heterocycles. The standard InChI is InChI=1S/C15H9Cl2F3N2O/c1-8(6-21)23-13-4-9(2-3-11(13)16)14-12(17)5-10(7-22-14)15(18,19)20/h2-5,7-8H,1H3. The number of nitriles is 1. The number of hydrogen-bond acceptors (Lipinski definition) is 3. The minimum absolute atomic E-state index is 0.151. The van der Waals surface area contributed by atoms with Crippen LogP contribution in [-0.2, 0) is 6.18 Å². The summed E-state index contributed by atoms with van der Waals surface area (Å²) in [5.41, 5.74) is -0.353. The first-order chi connectivity index (χ1) is 10.7. The third-order valence-corrected chi connectivity index (χ3v) is 3.46. The fourth-order valence-electron chi connectivity index (χ4n) is 1.76. The number of nitrogens with zero attached hydrogens (tertiary/aromatic N) is 2. The molecule has 120 valence electrons. The van der Waals surface area contributed by atoms with E-state index >= 15 is 0 Å². The molecule has 1 aromatic carbocycles. The van der Waals surface area contributed by atoms with E-state index < -0.39 is 17.8 Å². The van der Waals surface area contributed by atoms with E-state index in [9.17, 15) is 13.2 Å². The average Bonchev–Trinajstić information content (AvgIpc) is 2.48. The first-order valence-electron chi connectivity index (χ1n) is 6.31. The molecule has 0 N–H and O–H groups in total. The third kappa shape index (κ3) is 4.06. The van der Waals surface area contributed by atoms with Gasteiger partial charge in [-0.3, -0.25) is 4.98 Å². The van der Waals surface area contributed by atoms with E-state index in [4.69, 9.17) is 33.2 Å². The highest BCUT2D eigenvalue weighted by atomic mass is 35.5. The molecule has 2 aromatic rings. The summed E-state index contributed by atoms with van der Waals surface area (Å²) in [5, 5.41) is 8.88. The van der Waals surface area contributed by atoms with Crippen molar-refractivity contribution in [2.24, 2.45) is 0 Å². The van der Waals surface area contributed by atoms with Crippen LogP contribution in [0, 0.1) is 11.3 Å². The lowest BCUT2D eigenvalue weighted by Gasteiger charge is -2.12. The van der Waals surface area contributed by atoms with Gasteiger partial charge in [-0.15, -0.1) is 0 Å². The number of rotatable bonds is 3. The van der Waals surface area contributed by atoms with Gasteiger partial charge in [0.1, 0.15) is 11.8 Å². The second-order valence-corrected chi connectivity index (χ2v) is 5.40. The molecule has 8 heteroatoms. The highest BCUT2D eigenvalue weighted by Crippen LogP contribution is 2.36. The predicted octanol–water partition coefficient (Wildman–Crippen LogP) is 5.37. The minimum Gasteiger partial charge on any atom is -0.474 e. The monoisotopic (exact) mass is 360 g/mol. The highest BCUT2D eigenvalue weighted by Gasteiger charge is 2.31. The van der Waals surface area contributed by atoms with Crippen molar-refractivity contribution in [1.29, 1.82) is 5.26 Å². The quantitative estimate of drug-likeness (QED) is 0.739. The second-order valence-electron chi connectivity index (χ2n) is 4.59. The summed E-state index contributed by atoms with van der Waals surface area (Å²) < 4.78 is 43.2. The molecule has 0 bridgehead atoms. The summed E-state index contributed by atoms with van der Waals surface area (Å²) in [7, 11) is 0. The van der Waals surface area contributed by atoms with Crippen LogP contribution in [0.15, 0.2) is 30.5 Å². The van der Waals surface area contributed by atoms with Crippen molar-refractivity contribution in [3.63, 3.8) is 0 Å². The molecule has 0 radical (unpaired) electrons. The van der Waals surface area contributed by atoms with Crippen molar-refractivity contribution in [1.82, 2.24) is 4.98 Å². The molecule has 1 heterocycles. The number of hydrogen-bond donors (Lipinski definition) is 0. The van der Waals surface area contributed by atoms with Gasteiger partial charge in [0, 0.05) is 11.8 Å². The van der Waals surface area contributed by atoms with Crippen molar-refractivity contribution < 1.29 is 17.9 Å². The normalized spacial score (nSPS) is 12.6. The molecule has 0 fully saturated rings. The fourth-order valence-corrected chi connectivity index (χ4v) is 2.20. The molecule has 0 aliphatic rings. The van der Waals surface area contributed by atoms with Gasteiger partial charge in [-0.1, -0.05) is 29.3 Å². The van der Waals surface area contributed by atoms with E-state index in [0.29, 0.717) is 11.8 Å². The predicted molar refractivity (Wildman–Crippen MR) is 80.4 cm³/mol. The van der Waals surface area contributed by atoms with Crippen LogP contribution in [-0.4, -0.2) is 11.1 Å². The molecule has 0 aliphatic carbocycles. The molecular weight excluding hydrogens is 352 g/mol. The lowest BCUT2D eigenvalue weighted by atomic mass is 10.1. The van der Waals surface area contributed by atoms with Crippen molar-refractivity contribution in [3.05, 3.63) is 46.1 Å². The zero-order chi connectivity index (χ0) is 17.2. The van der Waals surface area contributed by atoms with E-state index in [1.807, 2.05) is 6.07 Å². The molecule has 1 atom stereocenters. The highest BCUT2D eigenvalue weighted by molar-refractivity contribution is 6.33. The van der Waals surface area contributed by atoms with Crippen LogP contribution in [0.25, 0.3) is 11.3 Å². The van der Waals surface area contributed by atoms with Gasteiger partial charge in [-0.2, -0.15) is 18.4 Å². The van der Waals surface area contributed by atoms with Gasteiger partial charge in [0.15, 0.2) is 6.10 Å². The van der Waals surface area contributed by atoms with Gasteiger partial charge >= 0.3 is 6.18 Å². The maximum Gasteiger partial charge on any atom is 0.417 e. The van der Waals surface area contributed by atoms with Crippen LogP contribution in [0.3, 0.4) is 0 Å². The van der Waals surface area contributed by atoms with Gasteiger partial charge in [-0.25, -0.2) is 0 Å². The summed E-state index contributed by atoms with van der Waals surface area (Å²) in [5.74, 6) is 0.219. The summed E-state index contributed by atoms with van der Waals surface area (Å²) in [6.45, 7) is 1.53. The summed E-state index contributed by atoms with van der Waals surface area (Å²) in [6, 6.07) is 7.20. The lowest BCUT2D eigenvalue weighted by Crippen LogP contribution is -2.08. The Morgan fingerprint density at radius 3 is 2.48 bits per heavy atom. The zero-order valence-electron chi connectivity index (χ0n) is 11.7. The van der Waals surface area contributed by atoms with Crippen molar-refractivity contribution >= 4 is 23.2 Å². The maximum atomic E-state index is 12.6. The summed E-state index contributed by atoms with van der Waals surface area (Å²) >= 11 is 11.9. The fraction of sp³-hybridized carbons (Fsp3) is 0.200. The van der Waals surface area contributed by atoms with Crippen LogP contribution >= 0.6 is 23.2 Å². The van der Waals surface area contributed by atoms with E-state index in [2.05, 4.69) is 4.98 Å². The lowest BCUT2D eigenvalue weighted by molar-refractivity contribution is -0.137. The van der Waals surface area contributed by atoms with Crippen LogP contribution < -0.4 is 4.74 Å². The SMILES string of the molecule is CC(C#N)Oc1cc(-c2ncc(C(F)(F)F)cc2Cl)ccc1Cl. The molecular formula is C15H9Cl2F3N2O. The number of alkyl halides is 3. The number of aromatic nitrogens is 1. The Morgan fingerprint density at radius 2 is 1.91 bits per heavy atom. The van der Waals surface area contributed by atoms with E-state index in [1.54, 1.807) is 6.07 Å². The van der Waals surface area contributed by atoms with Gasteiger partial charge in [-0.05, 0) is 25.1 Å². The van der Waals surface area contributed by atoms with E-state index in [1.165, 1.54) is 19.1 Å². The molecule has 0 saturated carbocycles. The Bertz CT molecular complexity index is 772. The molecule has 1 aromatic heterocycles.